The lowest BCUT2D eigenvalue weighted by Crippen LogP contribution is -1.90. The zero-order valence-electron chi connectivity index (χ0n) is 4.70. The second-order valence-electron chi connectivity index (χ2n) is 1.78. The Bertz CT molecular complexity index is 235. The summed E-state index contributed by atoms with van der Waals surface area (Å²) in [7, 11) is 0. The van der Waals surface area contributed by atoms with Crippen LogP contribution in [0.5, 0.6) is 5.95 Å². The fourth-order valence-electron chi connectivity index (χ4n) is 0.769. The number of fused-ring (bicyclic) bond motifs is 1. The zero-order valence-corrected chi connectivity index (χ0v) is 4.70. The average Bonchev–Trinajstić information content (AvgIpc) is 2.33. The number of furan rings is 1. The smallest absolute Gasteiger partial charge is 0.292 e. The molecule has 0 aromatic carbocycles. The minimum atomic E-state index is 0.581. The zero-order chi connectivity index (χ0) is 6.10. The number of hydrogen-bond acceptors (Lipinski definition) is 2. The first kappa shape index (κ1) is 4.68. The van der Waals surface area contributed by atoms with Crippen LogP contribution in [0.2, 0.25) is 0 Å². The fourth-order valence-corrected chi connectivity index (χ4v) is 0.769. The van der Waals surface area contributed by atoms with E-state index < -0.39 is 0 Å². The van der Waals surface area contributed by atoms with Crippen molar-refractivity contribution in [1.82, 2.24) is 0 Å². The summed E-state index contributed by atoms with van der Waals surface area (Å²) in [6.45, 7) is 1.59. The predicted molar refractivity (Wildman–Crippen MR) is 32.7 cm³/mol. The molecule has 0 saturated heterocycles. The normalized spacial score (nSPS) is 14.7. The van der Waals surface area contributed by atoms with Gasteiger partial charge in [0.2, 0.25) is 0 Å². The van der Waals surface area contributed by atoms with Gasteiger partial charge in [-0.25, -0.2) is 0 Å². The van der Waals surface area contributed by atoms with Crippen molar-refractivity contribution in [3.8, 4) is 5.95 Å². The standard InChI is InChI=1S/C7H5O2/c1-2-6-3-5-9-7(6)8-4-1/h1-5H. The third-order valence-electron chi connectivity index (χ3n) is 1.19. The minimum Gasteiger partial charge on any atom is -0.453 e. The number of rotatable bonds is 0. The van der Waals surface area contributed by atoms with E-state index in [-0.39, 0.29) is 0 Å². The van der Waals surface area contributed by atoms with Gasteiger partial charge >= 0.3 is 0 Å². The van der Waals surface area contributed by atoms with Crippen molar-refractivity contribution < 1.29 is 9.15 Å². The van der Waals surface area contributed by atoms with Crippen molar-refractivity contribution in [2.45, 2.75) is 0 Å². The molecule has 2 heteroatoms. The lowest BCUT2D eigenvalue weighted by Gasteiger charge is -2.02. The highest BCUT2D eigenvalue weighted by Gasteiger charge is 2.06. The highest BCUT2D eigenvalue weighted by molar-refractivity contribution is 5.56. The van der Waals surface area contributed by atoms with Crippen LogP contribution >= 0.6 is 0 Å². The maximum Gasteiger partial charge on any atom is 0.292 e. The molecule has 45 valence electrons. The molecular weight excluding hydrogens is 116 g/mol. The van der Waals surface area contributed by atoms with Crippen LogP contribution in [0.15, 0.2) is 22.8 Å². The first-order valence-electron chi connectivity index (χ1n) is 2.71. The van der Waals surface area contributed by atoms with E-state index in [9.17, 15) is 0 Å². The van der Waals surface area contributed by atoms with Crippen molar-refractivity contribution in [1.29, 1.82) is 0 Å². The molecule has 0 N–H and O–H groups in total. The van der Waals surface area contributed by atoms with Crippen LogP contribution in [0.3, 0.4) is 0 Å². The molecule has 1 aromatic rings. The van der Waals surface area contributed by atoms with E-state index in [0.717, 1.165) is 5.56 Å². The molecule has 1 aliphatic rings. The third-order valence-corrected chi connectivity index (χ3v) is 1.19. The van der Waals surface area contributed by atoms with Crippen LogP contribution in [0, 0.1) is 6.61 Å². The van der Waals surface area contributed by atoms with Crippen LogP contribution in [-0.2, 0) is 0 Å². The average molecular weight is 121 g/mol. The highest BCUT2D eigenvalue weighted by Crippen LogP contribution is 2.24. The quantitative estimate of drug-likeness (QED) is 0.522. The van der Waals surface area contributed by atoms with E-state index in [4.69, 9.17) is 9.15 Å². The summed E-state index contributed by atoms with van der Waals surface area (Å²) in [6.07, 6.45) is 5.37. The first-order valence-corrected chi connectivity index (χ1v) is 2.71. The molecule has 2 nitrogen and oxygen atoms in total. The van der Waals surface area contributed by atoms with Crippen LogP contribution < -0.4 is 4.74 Å². The first-order chi connectivity index (χ1) is 4.47. The number of ether oxygens (including phenoxy) is 1. The van der Waals surface area contributed by atoms with Gasteiger partial charge < -0.3 is 9.15 Å². The van der Waals surface area contributed by atoms with Gasteiger partial charge in [0.25, 0.3) is 5.95 Å². The summed E-state index contributed by atoms with van der Waals surface area (Å²) >= 11 is 0. The van der Waals surface area contributed by atoms with Gasteiger partial charge in [-0.15, -0.1) is 0 Å². The maximum atomic E-state index is 4.98. The largest absolute Gasteiger partial charge is 0.453 e. The molecule has 9 heavy (non-hydrogen) atoms. The summed E-state index contributed by atoms with van der Waals surface area (Å²) in [5.74, 6) is 0.581. The van der Waals surface area contributed by atoms with Crippen LogP contribution in [0.1, 0.15) is 5.56 Å². The molecule has 1 aromatic heterocycles. The SMILES string of the molecule is [CH]1C=Cc2ccoc2O1. The topological polar surface area (TPSA) is 22.4 Å². The summed E-state index contributed by atoms with van der Waals surface area (Å²) < 4.78 is 9.94. The van der Waals surface area contributed by atoms with Gasteiger partial charge in [0.05, 0.1) is 11.8 Å². The summed E-state index contributed by atoms with van der Waals surface area (Å²) in [5, 5.41) is 0. The van der Waals surface area contributed by atoms with Crippen LogP contribution in [0.4, 0.5) is 0 Å². The van der Waals surface area contributed by atoms with E-state index in [0.29, 0.717) is 5.95 Å². The summed E-state index contributed by atoms with van der Waals surface area (Å²) in [6, 6.07) is 1.86. The van der Waals surface area contributed by atoms with Crippen molar-refractivity contribution in [3.63, 3.8) is 0 Å². The Hall–Kier alpha value is -1.18. The monoisotopic (exact) mass is 121 g/mol. The van der Waals surface area contributed by atoms with E-state index in [1.165, 1.54) is 0 Å². The molecule has 0 unspecified atom stereocenters. The van der Waals surface area contributed by atoms with Gasteiger partial charge in [0.1, 0.15) is 0 Å². The molecule has 0 atom stereocenters. The molecule has 0 saturated carbocycles. The van der Waals surface area contributed by atoms with Gasteiger partial charge in [-0.2, -0.15) is 0 Å². The van der Waals surface area contributed by atoms with Gasteiger partial charge in [0, 0.05) is 0 Å². The number of hydrogen-bond donors (Lipinski definition) is 0. The lowest BCUT2D eigenvalue weighted by atomic mass is 10.3. The molecule has 0 aliphatic carbocycles. The maximum absolute atomic E-state index is 4.98. The van der Waals surface area contributed by atoms with Crippen molar-refractivity contribution in [2.24, 2.45) is 0 Å². The molecule has 2 rings (SSSR count). The molecule has 1 radical (unpaired) electrons. The molecule has 0 amide bonds. The van der Waals surface area contributed by atoms with Gasteiger partial charge in [-0.3, -0.25) is 0 Å². The van der Waals surface area contributed by atoms with E-state index in [1.807, 2.05) is 18.2 Å². The van der Waals surface area contributed by atoms with E-state index >= 15 is 0 Å². The fraction of sp³-hybridized carbons (Fsp3) is 0. The van der Waals surface area contributed by atoms with Crippen molar-refractivity contribution in [3.05, 3.63) is 30.6 Å². The summed E-state index contributed by atoms with van der Waals surface area (Å²) in [5.41, 5.74) is 0.998. The molecule has 1 aliphatic heterocycles. The Morgan fingerprint density at radius 3 is 3.22 bits per heavy atom. The van der Waals surface area contributed by atoms with E-state index in [2.05, 4.69) is 0 Å². The third kappa shape index (κ3) is 0.633. The molecule has 0 fully saturated rings. The van der Waals surface area contributed by atoms with Crippen LogP contribution in [0.25, 0.3) is 6.08 Å². The Balaban J connectivity index is 2.53. The van der Waals surface area contributed by atoms with Gasteiger partial charge in [0.15, 0.2) is 6.61 Å². The molecular formula is C7H5O2. The van der Waals surface area contributed by atoms with Gasteiger partial charge in [-0.05, 0) is 18.2 Å². The molecule has 0 bridgehead atoms. The minimum absolute atomic E-state index is 0.581. The molecule has 0 spiro atoms. The lowest BCUT2D eigenvalue weighted by molar-refractivity contribution is 0.314. The van der Waals surface area contributed by atoms with Crippen LogP contribution in [-0.4, -0.2) is 0 Å². The predicted octanol–water partition coefficient (Wildman–Crippen LogP) is 1.85. The Kier molecular flexibility index (Phi) is 0.859. The Labute approximate surface area is 52.7 Å². The molecule has 2 heterocycles. The highest BCUT2D eigenvalue weighted by atomic mass is 16.6. The van der Waals surface area contributed by atoms with Crippen molar-refractivity contribution >= 4 is 6.08 Å². The van der Waals surface area contributed by atoms with Crippen molar-refractivity contribution in [2.75, 3.05) is 0 Å². The second-order valence-corrected chi connectivity index (χ2v) is 1.78. The van der Waals surface area contributed by atoms with Gasteiger partial charge in [-0.1, -0.05) is 0 Å². The van der Waals surface area contributed by atoms with E-state index in [1.54, 1.807) is 12.9 Å². The Morgan fingerprint density at radius 1 is 1.33 bits per heavy atom. The summed E-state index contributed by atoms with van der Waals surface area (Å²) in [4.78, 5) is 0. The second kappa shape index (κ2) is 1.65. The Morgan fingerprint density at radius 2 is 2.33 bits per heavy atom.